The minimum atomic E-state index is 0.213. The third-order valence-electron chi connectivity index (χ3n) is 0.683. The molecule has 0 bridgehead atoms. The minimum absolute atomic E-state index is 0.213. The molecule has 1 atom stereocenters. The number of hydrazine groups is 1. The Labute approximate surface area is 37.9 Å². The van der Waals surface area contributed by atoms with Crippen molar-refractivity contribution in [2.24, 2.45) is 5.84 Å². The summed E-state index contributed by atoms with van der Waals surface area (Å²) in [7, 11) is 1.84. The van der Waals surface area contributed by atoms with Crippen molar-refractivity contribution in [1.29, 1.82) is 0 Å². The van der Waals surface area contributed by atoms with E-state index in [4.69, 9.17) is 5.84 Å². The lowest BCUT2D eigenvalue weighted by Gasteiger charge is -2.04. The Kier molecular flexibility index (Phi) is 3.02. The third kappa shape index (κ3) is 2.14. The van der Waals surface area contributed by atoms with Crippen LogP contribution in [0.5, 0.6) is 0 Å². The van der Waals surface area contributed by atoms with Crippen LogP contribution in [0.15, 0.2) is 0 Å². The zero-order chi connectivity index (χ0) is 4.99. The summed E-state index contributed by atoms with van der Waals surface area (Å²) in [5.41, 5.74) is 2.50. The summed E-state index contributed by atoms with van der Waals surface area (Å²) in [6, 6.07) is 0. The van der Waals surface area contributed by atoms with E-state index in [2.05, 4.69) is 10.7 Å². The van der Waals surface area contributed by atoms with Gasteiger partial charge in [0.05, 0.1) is 6.17 Å². The van der Waals surface area contributed by atoms with Gasteiger partial charge in [0, 0.05) is 0 Å². The van der Waals surface area contributed by atoms with E-state index in [1.807, 2.05) is 14.0 Å². The first-order chi connectivity index (χ1) is 2.81. The van der Waals surface area contributed by atoms with Gasteiger partial charge < -0.3 is 5.32 Å². The Balaban J connectivity index is 2.75. The van der Waals surface area contributed by atoms with Gasteiger partial charge in [-0.1, -0.05) is 0 Å². The first-order valence-electron chi connectivity index (χ1n) is 1.94. The van der Waals surface area contributed by atoms with Crippen LogP contribution >= 0.6 is 0 Å². The molecule has 3 nitrogen and oxygen atoms in total. The second kappa shape index (κ2) is 3.08. The Morgan fingerprint density at radius 3 is 2.17 bits per heavy atom. The van der Waals surface area contributed by atoms with Gasteiger partial charge in [-0.3, -0.25) is 5.84 Å². The van der Waals surface area contributed by atoms with E-state index in [-0.39, 0.29) is 6.17 Å². The van der Waals surface area contributed by atoms with E-state index in [9.17, 15) is 0 Å². The summed E-state index contributed by atoms with van der Waals surface area (Å²) < 4.78 is 0. The van der Waals surface area contributed by atoms with E-state index in [1.54, 1.807) is 0 Å². The van der Waals surface area contributed by atoms with Crippen molar-refractivity contribution >= 4 is 0 Å². The molecule has 0 saturated heterocycles. The van der Waals surface area contributed by atoms with Crippen molar-refractivity contribution in [3.63, 3.8) is 0 Å². The van der Waals surface area contributed by atoms with E-state index in [1.165, 1.54) is 0 Å². The number of hydrogen-bond donors (Lipinski definition) is 3. The Hall–Kier alpha value is -0.120. The molecule has 0 aromatic heterocycles. The van der Waals surface area contributed by atoms with Crippen LogP contribution in [0.25, 0.3) is 0 Å². The average molecular weight is 89.1 g/mol. The second-order valence-electron chi connectivity index (χ2n) is 1.18. The molecule has 1 unspecified atom stereocenters. The number of nitrogens with one attached hydrogen (secondary N) is 2. The molecule has 3 heteroatoms. The van der Waals surface area contributed by atoms with Gasteiger partial charge in [-0.25, -0.2) is 5.43 Å². The van der Waals surface area contributed by atoms with E-state index < -0.39 is 0 Å². The highest BCUT2D eigenvalue weighted by Gasteiger charge is 1.84. The molecule has 0 aromatic rings. The largest absolute Gasteiger partial charge is 0.304 e. The highest BCUT2D eigenvalue weighted by atomic mass is 15.3. The van der Waals surface area contributed by atoms with Crippen LogP contribution in [-0.4, -0.2) is 13.2 Å². The van der Waals surface area contributed by atoms with Crippen LogP contribution in [0.4, 0.5) is 0 Å². The summed E-state index contributed by atoms with van der Waals surface area (Å²) in [4.78, 5) is 0. The smallest absolute Gasteiger partial charge is 0.0670 e. The van der Waals surface area contributed by atoms with Crippen LogP contribution < -0.4 is 16.6 Å². The minimum Gasteiger partial charge on any atom is -0.304 e. The van der Waals surface area contributed by atoms with Gasteiger partial charge in [0.1, 0.15) is 0 Å². The topological polar surface area (TPSA) is 50.1 Å². The molecule has 0 saturated carbocycles. The number of rotatable bonds is 2. The van der Waals surface area contributed by atoms with Gasteiger partial charge in [-0.15, -0.1) is 0 Å². The molecule has 0 aromatic carbocycles. The molecule has 0 aliphatic heterocycles. The molecule has 0 amide bonds. The molecule has 0 rings (SSSR count). The van der Waals surface area contributed by atoms with E-state index in [0.717, 1.165) is 0 Å². The molecule has 0 heterocycles. The fourth-order valence-electron chi connectivity index (χ4n) is 0.0833. The van der Waals surface area contributed by atoms with Gasteiger partial charge in [-0.05, 0) is 14.0 Å². The molecule has 0 aliphatic carbocycles. The lowest BCUT2D eigenvalue weighted by Crippen LogP contribution is -2.41. The molecule has 0 fully saturated rings. The van der Waals surface area contributed by atoms with Crippen LogP contribution in [0.3, 0.4) is 0 Å². The SMILES string of the molecule is CNC(C)NN. The molecule has 0 spiro atoms. The van der Waals surface area contributed by atoms with Crippen LogP contribution in [0, 0.1) is 0 Å². The van der Waals surface area contributed by atoms with Gasteiger partial charge in [0.25, 0.3) is 0 Å². The Bertz CT molecular complexity index is 25.2. The van der Waals surface area contributed by atoms with Crippen molar-refractivity contribution in [1.82, 2.24) is 10.7 Å². The Morgan fingerprint density at radius 1 is 1.67 bits per heavy atom. The maximum atomic E-state index is 4.97. The molecule has 6 heavy (non-hydrogen) atoms. The molecule has 38 valence electrons. The quantitative estimate of drug-likeness (QED) is 0.231. The van der Waals surface area contributed by atoms with Gasteiger partial charge in [0.2, 0.25) is 0 Å². The highest BCUT2D eigenvalue weighted by Crippen LogP contribution is 1.59. The van der Waals surface area contributed by atoms with Crippen LogP contribution in [-0.2, 0) is 0 Å². The standard InChI is InChI=1S/C3H11N3/c1-3(5-2)6-4/h3,5-6H,4H2,1-2H3. The van der Waals surface area contributed by atoms with E-state index >= 15 is 0 Å². The van der Waals surface area contributed by atoms with Crippen LogP contribution in [0.2, 0.25) is 0 Å². The van der Waals surface area contributed by atoms with Crippen molar-refractivity contribution in [3.8, 4) is 0 Å². The monoisotopic (exact) mass is 89.1 g/mol. The first kappa shape index (κ1) is 5.88. The molecule has 4 N–H and O–H groups in total. The summed E-state index contributed by atoms with van der Waals surface area (Å²) in [6.07, 6.45) is 0.213. The number of nitrogens with two attached hydrogens (primary N) is 1. The molecule has 0 radical (unpaired) electrons. The zero-order valence-corrected chi connectivity index (χ0v) is 4.15. The van der Waals surface area contributed by atoms with Crippen molar-refractivity contribution in [2.75, 3.05) is 7.05 Å². The molecule has 0 aliphatic rings. The maximum Gasteiger partial charge on any atom is 0.0670 e. The molecular formula is C3H11N3. The summed E-state index contributed by atoms with van der Waals surface area (Å²) in [5, 5.41) is 2.88. The lowest BCUT2D eigenvalue weighted by molar-refractivity contribution is 0.505. The summed E-state index contributed by atoms with van der Waals surface area (Å²) >= 11 is 0. The Morgan fingerprint density at radius 2 is 2.17 bits per heavy atom. The second-order valence-corrected chi connectivity index (χ2v) is 1.18. The normalized spacial score (nSPS) is 14.5. The molecular weight excluding hydrogens is 78.1 g/mol. The fraction of sp³-hybridized carbons (Fsp3) is 1.00. The highest BCUT2D eigenvalue weighted by molar-refractivity contribution is 4.42. The zero-order valence-electron chi connectivity index (χ0n) is 4.15. The van der Waals surface area contributed by atoms with Gasteiger partial charge >= 0.3 is 0 Å². The predicted octanol–water partition coefficient (Wildman–Crippen LogP) is -0.985. The van der Waals surface area contributed by atoms with Crippen molar-refractivity contribution in [2.45, 2.75) is 13.1 Å². The maximum absolute atomic E-state index is 4.97. The average Bonchev–Trinajstić information content (AvgIpc) is 1.65. The lowest BCUT2D eigenvalue weighted by atomic mass is 10.6. The van der Waals surface area contributed by atoms with E-state index in [0.29, 0.717) is 0 Å². The van der Waals surface area contributed by atoms with Crippen LogP contribution in [0.1, 0.15) is 6.92 Å². The third-order valence-corrected chi connectivity index (χ3v) is 0.683. The van der Waals surface area contributed by atoms with Gasteiger partial charge in [-0.2, -0.15) is 0 Å². The fourth-order valence-corrected chi connectivity index (χ4v) is 0.0833. The first-order valence-corrected chi connectivity index (χ1v) is 1.94. The van der Waals surface area contributed by atoms with Crippen molar-refractivity contribution in [3.05, 3.63) is 0 Å². The van der Waals surface area contributed by atoms with Crippen molar-refractivity contribution < 1.29 is 0 Å². The number of hydrogen-bond acceptors (Lipinski definition) is 3. The summed E-state index contributed by atoms with van der Waals surface area (Å²) in [6.45, 7) is 1.93. The predicted molar refractivity (Wildman–Crippen MR) is 25.8 cm³/mol. The summed E-state index contributed by atoms with van der Waals surface area (Å²) in [5.74, 6) is 4.97. The van der Waals surface area contributed by atoms with Gasteiger partial charge in [0.15, 0.2) is 0 Å².